The van der Waals surface area contributed by atoms with E-state index in [4.69, 9.17) is 0 Å². The lowest BCUT2D eigenvalue weighted by Gasteiger charge is -2.06. The van der Waals surface area contributed by atoms with E-state index in [9.17, 15) is 4.79 Å². The van der Waals surface area contributed by atoms with Crippen molar-refractivity contribution in [1.29, 1.82) is 0 Å². The van der Waals surface area contributed by atoms with Gasteiger partial charge < -0.3 is 5.32 Å². The van der Waals surface area contributed by atoms with Gasteiger partial charge in [-0.2, -0.15) is 15.4 Å². The summed E-state index contributed by atoms with van der Waals surface area (Å²) in [5.41, 5.74) is 3.86. The zero-order valence-corrected chi connectivity index (χ0v) is 11.8. The smallest absolute Gasteiger partial charge is 0.251 e. The van der Waals surface area contributed by atoms with Gasteiger partial charge in [0.2, 0.25) is 0 Å². The van der Waals surface area contributed by atoms with Crippen LogP contribution in [0.2, 0.25) is 0 Å². The molecule has 110 valence electrons. The van der Waals surface area contributed by atoms with Gasteiger partial charge in [0.25, 0.3) is 5.91 Å². The zero-order valence-electron chi connectivity index (χ0n) is 11.8. The predicted octanol–water partition coefficient (Wildman–Crippen LogP) is 1.56. The number of aromatic nitrogens is 5. The standard InChI is InChI=1S/C15H14N6O/c22-15(10-3-4-12-14(5-10)20-21-19-12)16-7-11-6-13(9-1-2-9)18-8-17-11/h3-6,8-9H,1-2,7H2,(H,16,22)(H,19,20,21). The van der Waals surface area contributed by atoms with Crippen molar-refractivity contribution in [2.75, 3.05) is 0 Å². The fraction of sp³-hybridized carbons (Fsp3) is 0.267. The van der Waals surface area contributed by atoms with Gasteiger partial charge in [-0.15, -0.1) is 0 Å². The van der Waals surface area contributed by atoms with Crippen LogP contribution in [0.15, 0.2) is 30.6 Å². The molecule has 1 aliphatic rings. The predicted molar refractivity (Wildman–Crippen MR) is 79.1 cm³/mol. The van der Waals surface area contributed by atoms with Crippen LogP contribution < -0.4 is 5.32 Å². The van der Waals surface area contributed by atoms with E-state index >= 15 is 0 Å². The van der Waals surface area contributed by atoms with Crippen LogP contribution in [0.5, 0.6) is 0 Å². The van der Waals surface area contributed by atoms with Crippen molar-refractivity contribution in [3.63, 3.8) is 0 Å². The number of hydrogen-bond acceptors (Lipinski definition) is 5. The first kappa shape index (κ1) is 12.9. The van der Waals surface area contributed by atoms with Gasteiger partial charge in [0.15, 0.2) is 0 Å². The van der Waals surface area contributed by atoms with E-state index in [2.05, 4.69) is 30.7 Å². The Balaban J connectivity index is 1.46. The Hall–Kier alpha value is -2.83. The van der Waals surface area contributed by atoms with Crippen molar-refractivity contribution >= 4 is 16.9 Å². The number of aromatic amines is 1. The minimum absolute atomic E-state index is 0.156. The van der Waals surface area contributed by atoms with E-state index in [1.54, 1.807) is 24.5 Å². The molecule has 22 heavy (non-hydrogen) atoms. The molecular formula is C15H14N6O. The van der Waals surface area contributed by atoms with Gasteiger partial charge in [0, 0.05) is 17.2 Å². The molecule has 1 fully saturated rings. The molecule has 3 aromatic rings. The minimum Gasteiger partial charge on any atom is -0.346 e. The first-order valence-electron chi connectivity index (χ1n) is 7.19. The highest BCUT2D eigenvalue weighted by Crippen LogP contribution is 2.38. The van der Waals surface area contributed by atoms with Crippen molar-refractivity contribution in [2.45, 2.75) is 25.3 Å². The van der Waals surface area contributed by atoms with E-state index in [1.165, 1.54) is 12.8 Å². The maximum absolute atomic E-state index is 12.2. The maximum atomic E-state index is 12.2. The lowest BCUT2D eigenvalue weighted by atomic mass is 10.2. The van der Waals surface area contributed by atoms with Gasteiger partial charge >= 0.3 is 0 Å². The molecule has 0 bridgehead atoms. The van der Waals surface area contributed by atoms with E-state index in [0.29, 0.717) is 23.5 Å². The third-order valence-corrected chi connectivity index (χ3v) is 3.75. The fourth-order valence-electron chi connectivity index (χ4n) is 2.37. The molecule has 0 spiro atoms. The fourth-order valence-corrected chi connectivity index (χ4v) is 2.37. The molecule has 4 rings (SSSR count). The van der Waals surface area contributed by atoms with E-state index < -0.39 is 0 Å². The average Bonchev–Trinajstić information content (AvgIpc) is 3.30. The van der Waals surface area contributed by atoms with Gasteiger partial charge in [-0.25, -0.2) is 9.97 Å². The molecule has 7 heteroatoms. The second-order valence-electron chi connectivity index (χ2n) is 5.42. The summed E-state index contributed by atoms with van der Waals surface area (Å²) >= 11 is 0. The summed E-state index contributed by atoms with van der Waals surface area (Å²) in [5, 5.41) is 13.3. The molecule has 1 saturated carbocycles. The molecule has 0 aliphatic heterocycles. The Morgan fingerprint density at radius 1 is 1.18 bits per heavy atom. The summed E-state index contributed by atoms with van der Waals surface area (Å²) in [6.45, 7) is 0.387. The van der Waals surface area contributed by atoms with Crippen molar-refractivity contribution in [3.05, 3.63) is 47.5 Å². The first-order valence-corrected chi connectivity index (χ1v) is 7.19. The first-order chi connectivity index (χ1) is 10.8. The molecule has 0 unspecified atom stereocenters. The highest BCUT2D eigenvalue weighted by atomic mass is 16.1. The van der Waals surface area contributed by atoms with Gasteiger partial charge in [-0.3, -0.25) is 4.79 Å². The average molecular weight is 294 g/mol. The number of fused-ring (bicyclic) bond motifs is 1. The van der Waals surface area contributed by atoms with Crippen LogP contribution in [0.3, 0.4) is 0 Å². The molecule has 2 N–H and O–H groups in total. The monoisotopic (exact) mass is 294 g/mol. The number of benzene rings is 1. The normalized spacial score (nSPS) is 14.2. The SMILES string of the molecule is O=C(NCc1cc(C2CC2)ncn1)c1ccc2n[nH]nc2c1. The molecule has 1 amide bonds. The number of carbonyl (C=O) groups excluding carboxylic acids is 1. The molecule has 1 aromatic carbocycles. The lowest BCUT2D eigenvalue weighted by Crippen LogP contribution is -2.23. The highest BCUT2D eigenvalue weighted by molar-refractivity contribution is 5.97. The van der Waals surface area contributed by atoms with Crippen LogP contribution in [0.1, 0.15) is 40.5 Å². The Morgan fingerprint density at radius 3 is 2.91 bits per heavy atom. The summed E-state index contributed by atoms with van der Waals surface area (Å²) < 4.78 is 0. The summed E-state index contributed by atoms with van der Waals surface area (Å²) in [5.74, 6) is 0.420. The third kappa shape index (κ3) is 2.52. The third-order valence-electron chi connectivity index (χ3n) is 3.75. The van der Waals surface area contributed by atoms with Crippen molar-refractivity contribution in [3.8, 4) is 0 Å². The molecule has 1 aliphatic carbocycles. The molecule has 0 atom stereocenters. The van der Waals surface area contributed by atoms with Crippen LogP contribution in [0, 0.1) is 0 Å². The summed E-state index contributed by atoms with van der Waals surface area (Å²) in [7, 11) is 0. The van der Waals surface area contributed by atoms with Crippen LogP contribution >= 0.6 is 0 Å². The van der Waals surface area contributed by atoms with E-state index in [1.807, 2.05) is 6.07 Å². The van der Waals surface area contributed by atoms with E-state index in [-0.39, 0.29) is 5.91 Å². The van der Waals surface area contributed by atoms with Crippen molar-refractivity contribution in [1.82, 2.24) is 30.7 Å². The Bertz CT molecular complexity index is 839. The van der Waals surface area contributed by atoms with Crippen molar-refractivity contribution < 1.29 is 4.79 Å². The van der Waals surface area contributed by atoms with Gasteiger partial charge in [-0.1, -0.05) is 0 Å². The molecule has 2 aromatic heterocycles. The van der Waals surface area contributed by atoms with Crippen molar-refractivity contribution in [2.24, 2.45) is 0 Å². The molecule has 7 nitrogen and oxygen atoms in total. The lowest BCUT2D eigenvalue weighted by molar-refractivity contribution is 0.0950. The van der Waals surface area contributed by atoms with Crippen LogP contribution in [0.4, 0.5) is 0 Å². The van der Waals surface area contributed by atoms with Crippen LogP contribution in [-0.4, -0.2) is 31.3 Å². The molecule has 0 radical (unpaired) electrons. The number of H-pyrrole nitrogens is 1. The summed E-state index contributed by atoms with van der Waals surface area (Å²) in [6.07, 6.45) is 3.96. The summed E-state index contributed by atoms with van der Waals surface area (Å²) in [6, 6.07) is 7.18. The summed E-state index contributed by atoms with van der Waals surface area (Å²) in [4.78, 5) is 20.7. The van der Waals surface area contributed by atoms with Crippen LogP contribution in [-0.2, 0) is 6.54 Å². The highest BCUT2D eigenvalue weighted by Gasteiger charge is 2.25. The number of carbonyl (C=O) groups is 1. The number of nitrogens with one attached hydrogen (secondary N) is 2. The Labute approximate surface area is 126 Å². The Kier molecular flexibility index (Phi) is 3.03. The molecule has 2 heterocycles. The number of nitrogens with zero attached hydrogens (tertiary/aromatic N) is 4. The zero-order chi connectivity index (χ0) is 14.9. The number of amides is 1. The van der Waals surface area contributed by atoms with Crippen LogP contribution in [0.25, 0.3) is 11.0 Å². The van der Waals surface area contributed by atoms with Gasteiger partial charge in [0.05, 0.1) is 12.2 Å². The Morgan fingerprint density at radius 2 is 2.05 bits per heavy atom. The number of hydrogen-bond donors (Lipinski definition) is 2. The topological polar surface area (TPSA) is 96.5 Å². The quantitative estimate of drug-likeness (QED) is 0.761. The second-order valence-corrected chi connectivity index (χ2v) is 5.42. The maximum Gasteiger partial charge on any atom is 0.251 e. The largest absolute Gasteiger partial charge is 0.346 e. The molecule has 0 saturated heterocycles. The minimum atomic E-state index is -0.156. The number of rotatable bonds is 4. The van der Waals surface area contributed by atoms with Gasteiger partial charge in [0.1, 0.15) is 17.4 Å². The van der Waals surface area contributed by atoms with Gasteiger partial charge in [-0.05, 0) is 37.1 Å². The second kappa shape index (κ2) is 5.18. The molecular weight excluding hydrogens is 280 g/mol. The van der Waals surface area contributed by atoms with E-state index in [0.717, 1.165) is 16.9 Å².